The minimum atomic E-state index is 0.0827. The van der Waals surface area contributed by atoms with E-state index in [4.69, 9.17) is 0 Å². The number of piperazine rings is 1. The van der Waals surface area contributed by atoms with Crippen LogP contribution >= 0.6 is 0 Å². The minimum Gasteiger partial charge on any atom is -0.367 e. The molecule has 0 radical (unpaired) electrons. The number of hydrogen-bond donors (Lipinski definition) is 1. The Morgan fingerprint density at radius 2 is 2.07 bits per heavy atom. The summed E-state index contributed by atoms with van der Waals surface area (Å²) < 4.78 is 0. The fourth-order valence-electron chi connectivity index (χ4n) is 4.01. The molecule has 1 aromatic carbocycles. The lowest BCUT2D eigenvalue weighted by molar-refractivity contribution is 0.0668. The van der Waals surface area contributed by atoms with E-state index in [1.54, 1.807) is 0 Å². The largest absolute Gasteiger partial charge is 0.367 e. The van der Waals surface area contributed by atoms with E-state index in [-0.39, 0.29) is 11.9 Å². The number of hydrogen-bond acceptors (Lipinski definition) is 4. The quantitative estimate of drug-likeness (QED) is 0.759. The fraction of sp³-hybridized carbons (Fsp3) is 0.364. The second-order valence-corrected chi connectivity index (χ2v) is 7.80. The molecule has 1 unspecified atom stereocenters. The molecule has 6 heteroatoms. The van der Waals surface area contributed by atoms with Crippen molar-refractivity contribution in [1.29, 1.82) is 0 Å². The van der Waals surface area contributed by atoms with Gasteiger partial charge in [-0.3, -0.25) is 9.78 Å². The van der Waals surface area contributed by atoms with Gasteiger partial charge in [0.25, 0.3) is 5.91 Å². The van der Waals surface area contributed by atoms with Gasteiger partial charge in [-0.25, -0.2) is 0 Å². The molecule has 1 aliphatic rings. The first-order valence-corrected chi connectivity index (χ1v) is 9.74. The van der Waals surface area contributed by atoms with Gasteiger partial charge in [0, 0.05) is 66.8 Å². The number of nitrogens with zero attached hydrogens (tertiary/aromatic N) is 4. The number of rotatable bonds is 4. The fourth-order valence-corrected chi connectivity index (χ4v) is 4.01. The Bertz CT molecular complexity index is 974. The van der Waals surface area contributed by atoms with Crippen molar-refractivity contribution in [2.45, 2.75) is 19.5 Å². The number of amides is 1. The molecule has 1 fully saturated rings. The molecular weight excluding hydrogens is 350 g/mol. The molecule has 2 aromatic heterocycles. The molecule has 0 bridgehead atoms. The molecule has 3 aromatic rings. The first-order valence-electron chi connectivity index (χ1n) is 9.74. The van der Waals surface area contributed by atoms with Gasteiger partial charge in [0.2, 0.25) is 0 Å². The molecule has 6 nitrogen and oxygen atoms in total. The summed E-state index contributed by atoms with van der Waals surface area (Å²) >= 11 is 0. The highest BCUT2D eigenvalue weighted by atomic mass is 16.2. The number of carbonyl (C=O) groups is 1. The maximum atomic E-state index is 13.0. The van der Waals surface area contributed by atoms with Crippen molar-refractivity contribution < 1.29 is 4.79 Å². The summed E-state index contributed by atoms with van der Waals surface area (Å²) in [5, 5.41) is 2.35. The second kappa shape index (κ2) is 7.64. The van der Waals surface area contributed by atoms with Crippen LogP contribution in [0.25, 0.3) is 10.8 Å². The van der Waals surface area contributed by atoms with Crippen LogP contribution in [-0.4, -0.2) is 65.4 Å². The van der Waals surface area contributed by atoms with Crippen molar-refractivity contribution in [3.8, 4) is 0 Å². The monoisotopic (exact) mass is 377 g/mol. The summed E-state index contributed by atoms with van der Waals surface area (Å²) in [6.07, 6.45) is 3.74. The Balaban J connectivity index is 1.49. The maximum absolute atomic E-state index is 13.0. The summed E-state index contributed by atoms with van der Waals surface area (Å²) in [6, 6.07) is 12.4. The number of carbonyl (C=O) groups excluding carboxylic acids is 1. The van der Waals surface area contributed by atoms with Crippen molar-refractivity contribution in [1.82, 2.24) is 19.8 Å². The Kier molecular flexibility index (Phi) is 5.05. The Hall–Kier alpha value is -2.86. The van der Waals surface area contributed by atoms with Crippen molar-refractivity contribution in [3.05, 3.63) is 60.2 Å². The van der Waals surface area contributed by atoms with Crippen LogP contribution in [0.15, 0.2) is 48.8 Å². The molecule has 28 heavy (non-hydrogen) atoms. The number of pyridine rings is 1. The summed E-state index contributed by atoms with van der Waals surface area (Å²) in [6.45, 7) is 5.28. The topological polar surface area (TPSA) is 55.5 Å². The highest BCUT2D eigenvalue weighted by molar-refractivity contribution is 5.95. The van der Waals surface area contributed by atoms with Gasteiger partial charge in [-0.2, -0.15) is 0 Å². The molecule has 1 saturated heterocycles. The third-order valence-corrected chi connectivity index (χ3v) is 5.35. The van der Waals surface area contributed by atoms with Crippen molar-refractivity contribution in [3.63, 3.8) is 0 Å². The summed E-state index contributed by atoms with van der Waals surface area (Å²) in [5.74, 6) is 0.0827. The third-order valence-electron chi connectivity index (χ3n) is 5.35. The first-order chi connectivity index (χ1) is 13.5. The number of H-pyrrole nitrogens is 1. The van der Waals surface area contributed by atoms with E-state index in [0.29, 0.717) is 12.2 Å². The van der Waals surface area contributed by atoms with Gasteiger partial charge in [0.05, 0.1) is 0 Å². The van der Waals surface area contributed by atoms with Gasteiger partial charge < -0.3 is 19.7 Å². The predicted molar refractivity (Wildman–Crippen MR) is 113 cm³/mol. The molecule has 3 heterocycles. The summed E-state index contributed by atoms with van der Waals surface area (Å²) in [7, 11) is 4.04. The standard InChI is InChI=1S/C22H27N5O/c1-16-14-26(21-6-4-5-17-13-23-10-9-19(17)21)11-12-27(16)22(28)20-8-7-18(24-20)15-25(2)3/h4-10,13,16,24H,11-12,14-15H2,1-3H3. The lowest BCUT2D eigenvalue weighted by Crippen LogP contribution is -2.54. The number of aromatic nitrogens is 2. The summed E-state index contributed by atoms with van der Waals surface area (Å²) in [4.78, 5) is 27.0. The molecule has 0 aliphatic carbocycles. The van der Waals surface area contributed by atoms with Gasteiger partial charge in [0.1, 0.15) is 5.69 Å². The second-order valence-electron chi connectivity index (χ2n) is 7.80. The zero-order valence-electron chi connectivity index (χ0n) is 16.7. The smallest absolute Gasteiger partial charge is 0.270 e. The molecule has 146 valence electrons. The molecule has 1 amide bonds. The van der Waals surface area contributed by atoms with Crippen LogP contribution in [0.5, 0.6) is 0 Å². The van der Waals surface area contributed by atoms with Crippen LogP contribution in [0.1, 0.15) is 23.1 Å². The molecular formula is C22H27N5O. The van der Waals surface area contributed by atoms with Crippen LogP contribution in [0.3, 0.4) is 0 Å². The predicted octanol–water partition coefficient (Wildman–Crippen LogP) is 2.98. The average Bonchev–Trinajstić information content (AvgIpc) is 3.14. The number of aromatic amines is 1. The van der Waals surface area contributed by atoms with E-state index in [2.05, 4.69) is 51.0 Å². The van der Waals surface area contributed by atoms with E-state index >= 15 is 0 Å². The average molecular weight is 377 g/mol. The molecule has 1 atom stereocenters. The van der Waals surface area contributed by atoms with Crippen LogP contribution in [0.2, 0.25) is 0 Å². The molecule has 1 aliphatic heterocycles. The van der Waals surface area contributed by atoms with Crippen molar-refractivity contribution >= 4 is 22.4 Å². The molecule has 0 saturated carbocycles. The molecule has 4 rings (SSSR count). The van der Waals surface area contributed by atoms with Crippen molar-refractivity contribution in [2.75, 3.05) is 38.6 Å². The zero-order chi connectivity index (χ0) is 19.7. The Morgan fingerprint density at radius 1 is 1.21 bits per heavy atom. The van der Waals surface area contributed by atoms with Crippen LogP contribution in [-0.2, 0) is 6.54 Å². The van der Waals surface area contributed by atoms with Crippen molar-refractivity contribution in [2.24, 2.45) is 0 Å². The van der Waals surface area contributed by atoms with Gasteiger partial charge in [-0.1, -0.05) is 12.1 Å². The van der Waals surface area contributed by atoms with Gasteiger partial charge >= 0.3 is 0 Å². The normalized spacial score (nSPS) is 17.5. The van der Waals surface area contributed by atoms with E-state index in [1.165, 1.54) is 11.1 Å². The Morgan fingerprint density at radius 3 is 2.86 bits per heavy atom. The van der Waals surface area contributed by atoms with Gasteiger partial charge in [0.15, 0.2) is 0 Å². The third kappa shape index (κ3) is 3.60. The lowest BCUT2D eigenvalue weighted by atomic mass is 10.1. The lowest BCUT2D eigenvalue weighted by Gasteiger charge is -2.41. The highest BCUT2D eigenvalue weighted by Crippen LogP contribution is 2.28. The van der Waals surface area contributed by atoms with Gasteiger partial charge in [-0.15, -0.1) is 0 Å². The number of fused-ring (bicyclic) bond motifs is 1. The van der Waals surface area contributed by atoms with E-state index in [0.717, 1.165) is 30.7 Å². The van der Waals surface area contributed by atoms with E-state index < -0.39 is 0 Å². The molecule has 0 spiro atoms. The SMILES string of the molecule is CC1CN(c2cccc3cnccc23)CCN1C(=O)c1ccc(CN(C)C)[nH]1. The molecule has 1 N–H and O–H groups in total. The van der Waals surface area contributed by atoms with Gasteiger partial charge in [-0.05, 0) is 45.3 Å². The Labute approximate surface area is 165 Å². The number of nitrogens with one attached hydrogen (secondary N) is 1. The van der Waals surface area contributed by atoms with Crippen LogP contribution < -0.4 is 4.90 Å². The minimum absolute atomic E-state index is 0.0827. The summed E-state index contributed by atoms with van der Waals surface area (Å²) in [5.41, 5.74) is 2.95. The zero-order valence-corrected chi connectivity index (χ0v) is 16.7. The number of anilines is 1. The highest BCUT2D eigenvalue weighted by Gasteiger charge is 2.29. The van der Waals surface area contributed by atoms with Crippen LogP contribution in [0, 0.1) is 0 Å². The maximum Gasteiger partial charge on any atom is 0.270 e. The van der Waals surface area contributed by atoms with E-state index in [1.807, 2.05) is 43.5 Å². The van der Waals surface area contributed by atoms with Crippen LogP contribution in [0.4, 0.5) is 5.69 Å². The van der Waals surface area contributed by atoms with E-state index in [9.17, 15) is 4.79 Å². The first kappa shape index (κ1) is 18.5. The number of benzene rings is 1.